The number of Topliss-reactive ketones (excluding diaryl/α,β-unsaturated/α-hetero) is 1. The highest BCUT2D eigenvalue weighted by atomic mass is 16.5. The molecule has 0 spiro atoms. The second kappa shape index (κ2) is 9.87. The summed E-state index contributed by atoms with van der Waals surface area (Å²) < 4.78 is 5.26. The lowest BCUT2D eigenvalue weighted by atomic mass is 10.2. The van der Waals surface area contributed by atoms with Crippen molar-refractivity contribution in [2.75, 3.05) is 13.2 Å². The van der Waals surface area contributed by atoms with Gasteiger partial charge in [0.2, 0.25) is 0 Å². The molecule has 0 fully saturated rings. The van der Waals surface area contributed by atoms with Crippen molar-refractivity contribution in [1.82, 2.24) is 0 Å². The average Bonchev–Trinajstić information content (AvgIpc) is 2.14. The van der Waals surface area contributed by atoms with Crippen LogP contribution in [0.25, 0.3) is 0 Å². The van der Waals surface area contributed by atoms with Gasteiger partial charge in [-0.3, -0.25) is 0 Å². The van der Waals surface area contributed by atoms with Gasteiger partial charge in [-0.2, -0.15) is 0 Å². The van der Waals surface area contributed by atoms with Crippen molar-refractivity contribution >= 4 is 5.78 Å². The van der Waals surface area contributed by atoms with Crippen molar-refractivity contribution in [3.8, 4) is 0 Å². The number of aliphatic hydroxyl groups is 1. The van der Waals surface area contributed by atoms with Crippen molar-refractivity contribution in [1.29, 1.82) is 0 Å². The Morgan fingerprint density at radius 2 is 2.20 bits per heavy atom. The Bertz CT molecular complexity index is 185. The number of ether oxygens (including phenoxy) is 1. The first-order valence-corrected chi connectivity index (χ1v) is 5.53. The fourth-order valence-corrected chi connectivity index (χ4v) is 1.06. The van der Waals surface area contributed by atoms with E-state index in [1.54, 1.807) is 13.8 Å². The summed E-state index contributed by atoms with van der Waals surface area (Å²) in [5.41, 5.74) is 0. The Hall–Kier alpha value is -0.670. The Kier molecular flexibility index (Phi) is 9.43. The van der Waals surface area contributed by atoms with E-state index in [9.17, 15) is 4.79 Å². The highest BCUT2D eigenvalue weighted by molar-refractivity contribution is 5.75. The van der Waals surface area contributed by atoms with Crippen LogP contribution in [0.4, 0.5) is 0 Å². The lowest BCUT2D eigenvalue weighted by Gasteiger charge is -2.02. The third kappa shape index (κ3) is 13.3. The standard InChI is InChI=1S/C12H22O3/c1-11(13)7-5-3-4-6-9-15-10-8-12(2)14/h4,6,12,14H,3,5,7-10H2,1-2H3/b6-4+. The monoisotopic (exact) mass is 214 g/mol. The van der Waals surface area contributed by atoms with Gasteiger partial charge in [-0.05, 0) is 33.1 Å². The first-order valence-electron chi connectivity index (χ1n) is 5.53. The van der Waals surface area contributed by atoms with Crippen LogP contribution in [0.5, 0.6) is 0 Å². The highest BCUT2D eigenvalue weighted by Gasteiger charge is 1.93. The fraction of sp³-hybridized carbons (Fsp3) is 0.750. The van der Waals surface area contributed by atoms with Gasteiger partial charge in [0.25, 0.3) is 0 Å². The van der Waals surface area contributed by atoms with Crippen LogP contribution in [0, 0.1) is 0 Å². The SMILES string of the molecule is CC(=O)CCC/C=C/COCCC(C)O. The zero-order chi connectivity index (χ0) is 11.5. The predicted molar refractivity (Wildman–Crippen MR) is 60.8 cm³/mol. The van der Waals surface area contributed by atoms with Gasteiger partial charge in [0.15, 0.2) is 0 Å². The van der Waals surface area contributed by atoms with Crippen molar-refractivity contribution < 1.29 is 14.6 Å². The van der Waals surface area contributed by atoms with Gasteiger partial charge in [-0.1, -0.05) is 12.2 Å². The third-order valence-corrected chi connectivity index (χ3v) is 1.96. The van der Waals surface area contributed by atoms with E-state index < -0.39 is 0 Å². The first-order chi connectivity index (χ1) is 7.13. The number of carbonyl (C=O) groups excluding carboxylic acids is 1. The molecule has 0 heterocycles. The molecule has 88 valence electrons. The van der Waals surface area contributed by atoms with E-state index in [4.69, 9.17) is 9.84 Å². The molecule has 0 aliphatic rings. The molecule has 1 N–H and O–H groups in total. The number of allylic oxidation sites excluding steroid dienone is 1. The van der Waals surface area contributed by atoms with E-state index in [1.807, 2.05) is 12.2 Å². The second-order valence-corrected chi connectivity index (χ2v) is 3.78. The first kappa shape index (κ1) is 14.3. The van der Waals surface area contributed by atoms with E-state index in [2.05, 4.69) is 0 Å². The third-order valence-electron chi connectivity index (χ3n) is 1.96. The lowest BCUT2D eigenvalue weighted by Crippen LogP contribution is -2.05. The van der Waals surface area contributed by atoms with Gasteiger partial charge in [0.1, 0.15) is 5.78 Å². The summed E-state index contributed by atoms with van der Waals surface area (Å²) in [4.78, 5) is 10.6. The van der Waals surface area contributed by atoms with Crippen molar-refractivity contribution in [2.24, 2.45) is 0 Å². The number of rotatable bonds is 9. The van der Waals surface area contributed by atoms with Crippen LogP contribution >= 0.6 is 0 Å². The lowest BCUT2D eigenvalue weighted by molar-refractivity contribution is -0.117. The van der Waals surface area contributed by atoms with Gasteiger partial charge in [-0.15, -0.1) is 0 Å². The molecule has 0 aromatic heterocycles. The Balaban J connectivity index is 3.14. The van der Waals surface area contributed by atoms with Gasteiger partial charge in [0, 0.05) is 13.0 Å². The number of hydrogen-bond acceptors (Lipinski definition) is 3. The van der Waals surface area contributed by atoms with E-state index >= 15 is 0 Å². The molecule has 0 saturated carbocycles. The molecule has 0 bridgehead atoms. The van der Waals surface area contributed by atoms with Crippen molar-refractivity contribution in [3.05, 3.63) is 12.2 Å². The minimum atomic E-state index is -0.287. The number of hydrogen-bond donors (Lipinski definition) is 1. The molecule has 0 aromatic rings. The fourth-order valence-electron chi connectivity index (χ4n) is 1.06. The maximum atomic E-state index is 10.6. The van der Waals surface area contributed by atoms with Gasteiger partial charge < -0.3 is 14.6 Å². The number of ketones is 1. The van der Waals surface area contributed by atoms with Gasteiger partial charge in [-0.25, -0.2) is 0 Å². The van der Waals surface area contributed by atoms with Crippen LogP contribution in [0.1, 0.15) is 39.5 Å². The van der Waals surface area contributed by atoms with Crippen LogP contribution in [-0.4, -0.2) is 30.2 Å². The zero-order valence-electron chi connectivity index (χ0n) is 9.74. The molecule has 0 rings (SSSR count). The smallest absolute Gasteiger partial charge is 0.129 e. The molecule has 0 aliphatic carbocycles. The van der Waals surface area contributed by atoms with Crippen LogP contribution in [0.3, 0.4) is 0 Å². The number of carbonyl (C=O) groups is 1. The quantitative estimate of drug-likeness (QED) is 0.472. The maximum Gasteiger partial charge on any atom is 0.129 e. The largest absolute Gasteiger partial charge is 0.393 e. The number of aliphatic hydroxyl groups excluding tert-OH is 1. The van der Waals surface area contributed by atoms with Gasteiger partial charge in [0.05, 0.1) is 12.7 Å². The molecule has 0 amide bonds. The summed E-state index contributed by atoms with van der Waals surface area (Å²) in [7, 11) is 0. The summed E-state index contributed by atoms with van der Waals surface area (Å²) in [5.74, 6) is 0.247. The minimum absolute atomic E-state index is 0.247. The second-order valence-electron chi connectivity index (χ2n) is 3.78. The molecular weight excluding hydrogens is 192 g/mol. The molecule has 0 saturated heterocycles. The van der Waals surface area contributed by atoms with Crippen LogP contribution in [0.15, 0.2) is 12.2 Å². The Morgan fingerprint density at radius 1 is 1.47 bits per heavy atom. The van der Waals surface area contributed by atoms with Crippen LogP contribution in [-0.2, 0) is 9.53 Å². The molecule has 1 atom stereocenters. The summed E-state index contributed by atoms with van der Waals surface area (Å²) in [6.07, 6.45) is 6.89. The Labute approximate surface area is 92.1 Å². The molecular formula is C12H22O3. The molecule has 15 heavy (non-hydrogen) atoms. The van der Waals surface area contributed by atoms with E-state index in [0.717, 1.165) is 12.8 Å². The average molecular weight is 214 g/mol. The van der Waals surface area contributed by atoms with Crippen LogP contribution < -0.4 is 0 Å². The van der Waals surface area contributed by atoms with E-state index in [1.165, 1.54) is 0 Å². The minimum Gasteiger partial charge on any atom is -0.393 e. The van der Waals surface area contributed by atoms with Crippen LogP contribution in [0.2, 0.25) is 0 Å². The summed E-state index contributed by atoms with van der Waals surface area (Å²) in [6, 6.07) is 0. The molecule has 0 aromatic carbocycles. The van der Waals surface area contributed by atoms with E-state index in [0.29, 0.717) is 26.1 Å². The topological polar surface area (TPSA) is 46.5 Å². The van der Waals surface area contributed by atoms with Crippen molar-refractivity contribution in [2.45, 2.75) is 45.6 Å². The molecule has 0 aliphatic heterocycles. The molecule has 0 radical (unpaired) electrons. The maximum absolute atomic E-state index is 10.6. The summed E-state index contributed by atoms with van der Waals surface area (Å²) in [6.45, 7) is 4.55. The molecule has 1 unspecified atom stereocenters. The number of unbranched alkanes of at least 4 members (excludes halogenated alkanes) is 1. The van der Waals surface area contributed by atoms with Gasteiger partial charge >= 0.3 is 0 Å². The van der Waals surface area contributed by atoms with E-state index in [-0.39, 0.29) is 11.9 Å². The normalized spacial score (nSPS) is 13.3. The molecule has 3 nitrogen and oxygen atoms in total. The Morgan fingerprint density at radius 3 is 2.80 bits per heavy atom. The van der Waals surface area contributed by atoms with Crippen molar-refractivity contribution in [3.63, 3.8) is 0 Å². The summed E-state index contributed by atoms with van der Waals surface area (Å²) in [5, 5.41) is 8.95. The summed E-state index contributed by atoms with van der Waals surface area (Å²) >= 11 is 0. The zero-order valence-corrected chi connectivity index (χ0v) is 9.74. The molecule has 3 heteroatoms. The highest BCUT2D eigenvalue weighted by Crippen LogP contribution is 1.97. The predicted octanol–water partition coefficient (Wildman–Crippen LogP) is 2.09.